The van der Waals surface area contributed by atoms with Crippen LogP contribution < -0.4 is 0 Å². The van der Waals surface area contributed by atoms with Crippen molar-refractivity contribution in [3.63, 3.8) is 0 Å². The Morgan fingerprint density at radius 1 is 1.32 bits per heavy atom. The second-order valence-electron chi connectivity index (χ2n) is 5.76. The fourth-order valence-electron chi connectivity index (χ4n) is 3.34. The molecule has 1 aliphatic rings. The molecule has 98 valence electrons. The van der Waals surface area contributed by atoms with E-state index in [0.29, 0.717) is 0 Å². The molecule has 0 aliphatic carbocycles. The van der Waals surface area contributed by atoms with Gasteiger partial charge in [0.15, 0.2) is 0 Å². The lowest BCUT2D eigenvalue weighted by atomic mass is 9.86. The molecule has 1 N–H and O–H groups in total. The minimum atomic E-state index is -0.778. The van der Waals surface area contributed by atoms with Crippen molar-refractivity contribution >= 4 is 22.6 Å². The summed E-state index contributed by atoms with van der Waals surface area (Å²) >= 11 is 0. The summed E-state index contributed by atoms with van der Waals surface area (Å²) in [6, 6.07) is 8.04. The maximum Gasteiger partial charge on any atom is 0.307 e. The number of aliphatic carboxylic acids is 1. The SMILES string of the molecule is CC1=CC(C)(C)c2c(CC(=O)O)c3ccccc3n21. The van der Waals surface area contributed by atoms with E-state index in [1.807, 2.05) is 18.2 Å². The molecular formula is C16H17NO2. The molecule has 0 saturated carbocycles. The van der Waals surface area contributed by atoms with E-state index in [9.17, 15) is 9.90 Å². The van der Waals surface area contributed by atoms with E-state index in [4.69, 9.17) is 0 Å². The van der Waals surface area contributed by atoms with Crippen molar-refractivity contribution in [3.05, 3.63) is 41.6 Å². The zero-order valence-corrected chi connectivity index (χ0v) is 11.4. The molecule has 0 amide bonds. The Morgan fingerprint density at radius 3 is 2.68 bits per heavy atom. The minimum Gasteiger partial charge on any atom is -0.481 e. The summed E-state index contributed by atoms with van der Waals surface area (Å²) in [6.07, 6.45) is 2.29. The highest BCUT2D eigenvalue weighted by molar-refractivity contribution is 5.93. The zero-order chi connectivity index (χ0) is 13.8. The Hall–Kier alpha value is -2.03. The Bertz CT molecular complexity index is 720. The Morgan fingerprint density at radius 2 is 2.00 bits per heavy atom. The highest BCUT2D eigenvalue weighted by Gasteiger charge is 2.34. The van der Waals surface area contributed by atoms with Gasteiger partial charge in [-0.25, -0.2) is 0 Å². The third-order valence-electron chi connectivity index (χ3n) is 3.84. The van der Waals surface area contributed by atoms with Crippen LogP contribution in [0, 0.1) is 0 Å². The van der Waals surface area contributed by atoms with Gasteiger partial charge in [-0.2, -0.15) is 0 Å². The number of fused-ring (bicyclic) bond motifs is 3. The van der Waals surface area contributed by atoms with Crippen LogP contribution in [0.1, 0.15) is 32.0 Å². The zero-order valence-electron chi connectivity index (χ0n) is 11.4. The summed E-state index contributed by atoms with van der Waals surface area (Å²) in [5, 5.41) is 10.2. The molecule has 3 heteroatoms. The quantitative estimate of drug-likeness (QED) is 0.893. The predicted molar refractivity (Wildman–Crippen MR) is 76.3 cm³/mol. The number of carboxylic acid groups (broad SMARTS) is 1. The van der Waals surface area contributed by atoms with Gasteiger partial charge >= 0.3 is 5.97 Å². The first-order valence-corrected chi connectivity index (χ1v) is 6.46. The smallest absolute Gasteiger partial charge is 0.307 e. The van der Waals surface area contributed by atoms with Crippen molar-refractivity contribution in [2.75, 3.05) is 0 Å². The van der Waals surface area contributed by atoms with Gasteiger partial charge in [-0.1, -0.05) is 38.1 Å². The van der Waals surface area contributed by atoms with Crippen molar-refractivity contribution in [1.29, 1.82) is 0 Å². The molecule has 0 atom stereocenters. The molecule has 19 heavy (non-hydrogen) atoms. The average Bonchev–Trinajstić information content (AvgIpc) is 2.75. The Labute approximate surface area is 112 Å². The lowest BCUT2D eigenvalue weighted by Crippen LogP contribution is -2.15. The second kappa shape index (κ2) is 3.73. The lowest BCUT2D eigenvalue weighted by molar-refractivity contribution is -0.136. The van der Waals surface area contributed by atoms with E-state index in [2.05, 4.69) is 37.5 Å². The number of allylic oxidation sites excluding steroid dienone is 2. The number of hydrogen-bond donors (Lipinski definition) is 1. The third-order valence-corrected chi connectivity index (χ3v) is 3.84. The van der Waals surface area contributed by atoms with Gasteiger partial charge in [-0.05, 0) is 18.6 Å². The van der Waals surface area contributed by atoms with Crippen LogP contribution in [0.4, 0.5) is 0 Å². The van der Waals surface area contributed by atoms with Gasteiger partial charge < -0.3 is 9.67 Å². The van der Waals surface area contributed by atoms with Gasteiger partial charge in [-0.3, -0.25) is 4.79 Å². The largest absolute Gasteiger partial charge is 0.481 e. The first kappa shape index (κ1) is 12.0. The summed E-state index contributed by atoms with van der Waals surface area (Å²) in [7, 11) is 0. The van der Waals surface area contributed by atoms with Crippen molar-refractivity contribution in [1.82, 2.24) is 4.57 Å². The fourth-order valence-corrected chi connectivity index (χ4v) is 3.34. The topological polar surface area (TPSA) is 42.2 Å². The highest BCUT2D eigenvalue weighted by Crippen LogP contribution is 2.43. The van der Waals surface area contributed by atoms with Gasteiger partial charge in [0.25, 0.3) is 0 Å². The molecule has 0 fully saturated rings. The van der Waals surface area contributed by atoms with Crippen LogP contribution in [0.15, 0.2) is 30.3 Å². The van der Waals surface area contributed by atoms with E-state index in [1.54, 1.807) is 0 Å². The molecule has 0 unspecified atom stereocenters. The van der Waals surface area contributed by atoms with Crippen LogP contribution in [0.2, 0.25) is 0 Å². The fraction of sp³-hybridized carbons (Fsp3) is 0.312. The van der Waals surface area contributed by atoms with Gasteiger partial charge in [-0.15, -0.1) is 0 Å². The second-order valence-corrected chi connectivity index (χ2v) is 5.76. The number of carboxylic acids is 1. The van der Waals surface area contributed by atoms with Gasteiger partial charge in [0.05, 0.1) is 11.9 Å². The monoisotopic (exact) mass is 255 g/mol. The molecule has 1 aromatic heterocycles. The standard InChI is InChI=1S/C16H17NO2/c1-10-9-16(2,3)15-12(8-14(18)19)11-6-4-5-7-13(11)17(10)15/h4-7,9H,8H2,1-3H3,(H,18,19). The molecule has 3 nitrogen and oxygen atoms in total. The molecule has 0 bridgehead atoms. The molecule has 3 rings (SSSR count). The van der Waals surface area contributed by atoms with Crippen LogP contribution in [0.5, 0.6) is 0 Å². The number of rotatable bonds is 2. The summed E-state index contributed by atoms with van der Waals surface area (Å²) in [6.45, 7) is 6.36. The number of nitrogens with zero attached hydrogens (tertiary/aromatic N) is 1. The molecule has 1 aromatic carbocycles. The molecule has 0 spiro atoms. The third kappa shape index (κ3) is 1.61. The summed E-state index contributed by atoms with van der Waals surface area (Å²) in [5.74, 6) is -0.778. The maximum atomic E-state index is 11.2. The predicted octanol–water partition coefficient (Wildman–Crippen LogP) is 3.42. The summed E-state index contributed by atoms with van der Waals surface area (Å²) < 4.78 is 2.20. The highest BCUT2D eigenvalue weighted by atomic mass is 16.4. The molecule has 0 saturated heterocycles. The normalized spacial score (nSPS) is 16.5. The molecule has 2 aromatic rings. The molecule has 2 heterocycles. The number of carbonyl (C=O) groups is 1. The van der Waals surface area contributed by atoms with Crippen LogP contribution in [0.3, 0.4) is 0 Å². The van der Waals surface area contributed by atoms with Crippen LogP contribution >= 0.6 is 0 Å². The number of benzene rings is 1. The van der Waals surface area contributed by atoms with Crippen molar-refractivity contribution in [2.24, 2.45) is 0 Å². The first-order valence-electron chi connectivity index (χ1n) is 6.46. The van der Waals surface area contributed by atoms with E-state index in [0.717, 1.165) is 22.2 Å². The van der Waals surface area contributed by atoms with Gasteiger partial charge in [0.2, 0.25) is 0 Å². The van der Waals surface area contributed by atoms with Crippen LogP contribution in [0.25, 0.3) is 16.6 Å². The molecule has 1 aliphatic heterocycles. The van der Waals surface area contributed by atoms with E-state index in [1.165, 1.54) is 5.70 Å². The average molecular weight is 255 g/mol. The lowest BCUT2D eigenvalue weighted by Gasteiger charge is -2.17. The number of para-hydroxylation sites is 1. The van der Waals surface area contributed by atoms with Crippen molar-refractivity contribution in [2.45, 2.75) is 32.6 Å². The van der Waals surface area contributed by atoms with Crippen molar-refractivity contribution < 1.29 is 9.90 Å². The summed E-state index contributed by atoms with van der Waals surface area (Å²) in [5.41, 5.74) is 4.23. The number of aromatic nitrogens is 1. The summed E-state index contributed by atoms with van der Waals surface area (Å²) in [4.78, 5) is 11.2. The first-order chi connectivity index (χ1) is 8.92. The van der Waals surface area contributed by atoms with E-state index < -0.39 is 5.97 Å². The van der Waals surface area contributed by atoms with Crippen molar-refractivity contribution in [3.8, 4) is 0 Å². The number of hydrogen-bond acceptors (Lipinski definition) is 1. The van der Waals surface area contributed by atoms with Crippen LogP contribution in [-0.4, -0.2) is 15.6 Å². The maximum absolute atomic E-state index is 11.2. The Kier molecular flexibility index (Phi) is 2.36. The van der Waals surface area contributed by atoms with Gasteiger partial charge in [0.1, 0.15) is 0 Å². The van der Waals surface area contributed by atoms with E-state index >= 15 is 0 Å². The van der Waals surface area contributed by atoms with E-state index in [-0.39, 0.29) is 11.8 Å². The van der Waals surface area contributed by atoms with Crippen LogP contribution in [-0.2, 0) is 16.6 Å². The van der Waals surface area contributed by atoms with Gasteiger partial charge in [0, 0.05) is 22.2 Å². The minimum absolute atomic E-state index is 0.0768. The molecule has 0 radical (unpaired) electrons. The Balaban J connectivity index is 2.41. The molecular weight excluding hydrogens is 238 g/mol.